The van der Waals surface area contributed by atoms with E-state index in [0.717, 1.165) is 11.7 Å². The Labute approximate surface area is 109 Å². The lowest BCUT2D eigenvalue weighted by molar-refractivity contribution is 0.383. The first-order chi connectivity index (χ1) is 7.88. The minimum Gasteiger partial charge on any atom is -0.349 e. The molecule has 0 aromatic rings. The molecule has 0 radical (unpaired) electrons. The predicted octanol–water partition coefficient (Wildman–Crippen LogP) is 2.17. The Morgan fingerprint density at radius 1 is 1.53 bits per heavy atom. The topological polar surface area (TPSA) is 31.2 Å². The van der Waals surface area contributed by atoms with Crippen molar-refractivity contribution >= 4 is 22.7 Å². The van der Waals surface area contributed by atoms with Crippen LogP contribution in [-0.2, 0) is 0 Å². The van der Waals surface area contributed by atoms with E-state index in [4.69, 9.17) is 11.6 Å². The summed E-state index contributed by atoms with van der Waals surface area (Å²) in [6.45, 7) is 6.35. The van der Waals surface area contributed by atoms with Gasteiger partial charge in [-0.1, -0.05) is 11.6 Å². The summed E-state index contributed by atoms with van der Waals surface area (Å²) in [5.74, 6) is 0.972. The number of allylic oxidation sites excluding steroid dienone is 1. The van der Waals surface area contributed by atoms with Gasteiger partial charge < -0.3 is 9.80 Å². The smallest absolute Gasteiger partial charge is 0.201 e. The Morgan fingerprint density at radius 3 is 2.53 bits per heavy atom. The molecule has 0 fully saturated rings. The highest BCUT2D eigenvalue weighted by molar-refractivity contribution is 6.68. The number of halogens is 1. The van der Waals surface area contributed by atoms with Gasteiger partial charge in [-0.15, -0.1) is 0 Å². The highest BCUT2D eigenvalue weighted by atomic mass is 35.5. The second-order valence-corrected chi connectivity index (χ2v) is 4.97. The molecule has 4 nitrogen and oxygen atoms in total. The molecule has 0 saturated carbocycles. The minimum atomic E-state index is 0.116. The molecule has 0 saturated heterocycles. The maximum atomic E-state index is 5.99. The van der Waals surface area contributed by atoms with Crippen LogP contribution in [-0.4, -0.2) is 54.2 Å². The summed E-state index contributed by atoms with van der Waals surface area (Å²) in [4.78, 5) is 12.8. The third kappa shape index (κ3) is 3.00. The highest BCUT2D eigenvalue weighted by Gasteiger charge is 2.31. The van der Waals surface area contributed by atoms with Crippen LogP contribution in [0.25, 0.3) is 0 Å². The van der Waals surface area contributed by atoms with Crippen LogP contribution in [0.1, 0.15) is 20.8 Å². The van der Waals surface area contributed by atoms with E-state index in [1.807, 2.05) is 25.1 Å². The van der Waals surface area contributed by atoms with E-state index in [1.54, 1.807) is 7.05 Å². The molecule has 17 heavy (non-hydrogen) atoms. The SMILES string of the molecule is CN=C(Cl)/C=C1\C(C)N=C(N(C)C)N1C(C)C. The fourth-order valence-electron chi connectivity index (χ4n) is 1.86. The zero-order valence-electron chi connectivity index (χ0n) is 11.4. The Kier molecular flexibility index (Phi) is 4.57. The van der Waals surface area contributed by atoms with Crippen LogP contribution in [0, 0.1) is 0 Å². The van der Waals surface area contributed by atoms with Crippen LogP contribution < -0.4 is 0 Å². The first-order valence-corrected chi connectivity index (χ1v) is 6.14. The molecule has 96 valence electrons. The number of hydrogen-bond acceptors (Lipinski definition) is 4. The van der Waals surface area contributed by atoms with Crippen LogP contribution in [0.15, 0.2) is 21.8 Å². The van der Waals surface area contributed by atoms with Gasteiger partial charge >= 0.3 is 0 Å². The van der Waals surface area contributed by atoms with Gasteiger partial charge in [-0.05, 0) is 26.8 Å². The lowest BCUT2D eigenvalue weighted by Gasteiger charge is -2.30. The van der Waals surface area contributed by atoms with Gasteiger partial charge in [0.25, 0.3) is 0 Å². The molecule has 5 heteroatoms. The Balaban J connectivity index is 3.13. The van der Waals surface area contributed by atoms with E-state index in [1.165, 1.54) is 0 Å². The molecule has 0 N–H and O–H groups in total. The quantitative estimate of drug-likeness (QED) is 0.709. The van der Waals surface area contributed by atoms with Crippen molar-refractivity contribution in [3.8, 4) is 0 Å². The highest BCUT2D eigenvalue weighted by Crippen LogP contribution is 2.25. The van der Waals surface area contributed by atoms with Gasteiger partial charge in [-0.3, -0.25) is 4.99 Å². The maximum Gasteiger partial charge on any atom is 0.201 e. The summed E-state index contributed by atoms with van der Waals surface area (Å²) in [6, 6.07) is 0.457. The molecule has 0 bridgehead atoms. The number of rotatable bonds is 2. The standard InChI is InChI=1S/C12H21ClN4/c1-8(2)17-10(7-11(13)14-4)9(3)15-12(17)16(5)6/h7-9H,1-6H3/b10-7+,14-11?. The average Bonchev–Trinajstić information content (AvgIpc) is 2.56. The minimum absolute atomic E-state index is 0.116. The molecule has 0 aromatic heterocycles. The van der Waals surface area contributed by atoms with Crippen molar-refractivity contribution in [1.82, 2.24) is 9.80 Å². The molecule has 1 rings (SSSR count). The van der Waals surface area contributed by atoms with Crippen molar-refractivity contribution in [3.05, 3.63) is 11.8 Å². The van der Waals surface area contributed by atoms with Crippen molar-refractivity contribution in [2.45, 2.75) is 32.9 Å². The summed E-state index contributed by atoms with van der Waals surface area (Å²) in [6.07, 6.45) is 1.90. The number of guanidine groups is 1. The van der Waals surface area contributed by atoms with Gasteiger partial charge in [-0.25, -0.2) is 4.99 Å². The summed E-state index contributed by atoms with van der Waals surface area (Å²) in [5, 5.41) is 0.507. The van der Waals surface area contributed by atoms with Gasteiger partial charge in [0.2, 0.25) is 5.96 Å². The summed E-state index contributed by atoms with van der Waals surface area (Å²) in [5.41, 5.74) is 1.10. The predicted molar refractivity (Wildman–Crippen MR) is 74.9 cm³/mol. The molecule has 0 aliphatic carbocycles. The average molecular weight is 257 g/mol. The van der Waals surface area contributed by atoms with E-state index in [0.29, 0.717) is 11.2 Å². The summed E-state index contributed by atoms with van der Waals surface area (Å²) < 4.78 is 0. The molecular weight excluding hydrogens is 236 g/mol. The lowest BCUT2D eigenvalue weighted by atomic mass is 10.2. The van der Waals surface area contributed by atoms with Gasteiger partial charge in [0, 0.05) is 32.9 Å². The molecule has 0 spiro atoms. The Hall–Kier alpha value is -1.03. The van der Waals surface area contributed by atoms with E-state index >= 15 is 0 Å². The van der Waals surface area contributed by atoms with Crippen LogP contribution in [0.2, 0.25) is 0 Å². The van der Waals surface area contributed by atoms with E-state index in [-0.39, 0.29) is 6.04 Å². The van der Waals surface area contributed by atoms with Gasteiger partial charge in [-0.2, -0.15) is 0 Å². The third-order valence-corrected chi connectivity index (χ3v) is 2.91. The van der Waals surface area contributed by atoms with Crippen molar-refractivity contribution < 1.29 is 0 Å². The maximum absolute atomic E-state index is 5.99. The van der Waals surface area contributed by atoms with Crippen LogP contribution >= 0.6 is 11.6 Å². The molecule has 1 heterocycles. The van der Waals surface area contributed by atoms with Crippen molar-refractivity contribution in [3.63, 3.8) is 0 Å². The monoisotopic (exact) mass is 256 g/mol. The fraction of sp³-hybridized carbons (Fsp3) is 0.667. The van der Waals surface area contributed by atoms with Gasteiger partial charge in [0.05, 0.1) is 6.04 Å². The van der Waals surface area contributed by atoms with Gasteiger partial charge in [0.15, 0.2) is 0 Å². The summed E-state index contributed by atoms with van der Waals surface area (Å²) >= 11 is 5.99. The Morgan fingerprint density at radius 2 is 2.12 bits per heavy atom. The first kappa shape index (κ1) is 14.0. The number of aliphatic imine (C=N–C) groups is 2. The molecular formula is C12H21ClN4. The molecule has 1 aliphatic heterocycles. The number of hydrogen-bond donors (Lipinski definition) is 0. The Bertz CT molecular complexity index is 369. The van der Waals surface area contributed by atoms with Crippen LogP contribution in [0.3, 0.4) is 0 Å². The van der Waals surface area contributed by atoms with Crippen molar-refractivity contribution in [2.75, 3.05) is 21.1 Å². The van der Waals surface area contributed by atoms with Crippen molar-refractivity contribution in [2.24, 2.45) is 9.98 Å². The zero-order valence-corrected chi connectivity index (χ0v) is 12.2. The summed E-state index contributed by atoms with van der Waals surface area (Å²) in [7, 11) is 5.69. The van der Waals surface area contributed by atoms with E-state index in [2.05, 4.69) is 35.7 Å². The molecule has 1 unspecified atom stereocenters. The molecule has 0 amide bonds. The second kappa shape index (κ2) is 5.54. The van der Waals surface area contributed by atoms with Crippen LogP contribution in [0.5, 0.6) is 0 Å². The molecule has 0 aromatic carbocycles. The normalized spacial score (nSPS) is 23.6. The van der Waals surface area contributed by atoms with Crippen LogP contribution in [0.4, 0.5) is 0 Å². The molecule has 1 atom stereocenters. The fourth-order valence-corrected chi connectivity index (χ4v) is 1.97. The first-order valence-electron chi connectivity index (χ1n) is 5.76. The number of nitrogens with zero attached hydrogens (tertiary/aromatic N) is 4. The third-order valence-electron chi connectivity index (χ3n) is 2.63. The van der Waals surface area contributed by atoms with E-state index < -0.39 is 0 Å². The second-order valence-electron chi connectivity index (χ2n) is 4.58. The lowest BCUT2D eigenvalue weighted by Crippen LogP contribution is -2.41. The van der Waals surface area contributed by atoms with Gasteiger partial charge in [0.1, 0.15) is 5.17 Å². The largest absolute Gasteiger partial charge is 0.349 e. The van der Waals surface area contributed by atoms with Crippen molar-refractivity contribution in [1.29, 1.82) is 0 Å². The van der Waals surface area contributed by atoms with E-state index in [9.17, 15) is 0 Å². The molecule has 1 aliphatic rings. The zero-order chi connectivity index (χ0) is 13.2.